The van der Waals surface area contributed by atoms with Crippen molar-refractivity contribution in [2.75, 3.05) is 14.2 Å². The van der Waals surface area contributed by atoms with Crippen LogP contribution in [-0.2, 0) is 15.0 Å². The van der Waals surface area contributed by atoms with Gasteiger partial charge < -0.3 is 9.47 Å². The molecular formula is C16H20O4. The predicted molar refractivity (Wildman–Crippen MR) is 75.3 cm³/mol. The van der Waals surface area contributed by atoms with Crippen molar-refractivity contribution in [1.82, 2.24) is 0 Å². The molecular weight excluding hydrogens is 256 g/mol. The van der Waals surface area contributed by atoms with Crippen LogP contribution in [0.4, 0.5) is 0 Å². The highest BCUT2D eigenvalue weighted by Gasteiger charge is 2.46. The van der Waals surface area contributed by atoms with E-state index in [-0.39, 0.29) is 11.6 Å². The molecule has 0 amide bonds. The fraction of sp³-hybridized carbons (Fsp3) is 0.500. The molecule has 1 saturated carbocycles. The number of carbonyl (C=O) groups is 2. The van der Waals surface area contributed by atoms with Crippen LogP contribution in [0.1, 0.15) is 32.3 Å². The van der Waals surface area contributed by atoms with Gasteiger partial charge in [0.15, 0.2) is 17.3 Å². The lowest BCUT2D eigenvalue weighted by atomic mass is 9.66. The SMILES string of the molecule is COc1cccc(C2(C)CCC(=O)C(C)C2=O)c1OC. The number of hydrogen-bond donors (Lipinski definition) is 0. The maximum atomic E-state index is 12.6. The van der Waals surface area contributed by atoms with E-state index < -0.39 is 11.3 Å². The molecule has 2 rings (SSSR count). The van der Waals surface area contributed by atoms with E-state index in [9.17, 15) is 9.59 Å². The van der Waals surface area contributed by atoms with Gasteiger partial charge in [-0.05, 0) is 26.3 Å². The normalized spacial score (nSPS) is 26.5. The predicted octanol–water partition coefficient (Wildman–Crippen LogP) is 2.53. The Kier molecular flexibility index (Phi) is 3.84. The third-order valence-electron chi connectivity index (χ3n) is 4.29. The molecule has 0 heterocycles. The molecule has 2 atom stereocenters. The summed E-state index contributed by atoms with van der Waals surface area (Å²) in [4.78, 5) is 24.3. The Morgan fingerprint density at radius 2 is 1.90 bits per heavy atom. The van der Waals surface area contributed by atoms with Gasteiger partial charge in [0.1, 0.15) is 5.78 Å². The molecule has 4 nitrogen and oxygen atoms in total. The standard InChI is InChI=1S/C16H20O4/c1-10-12(17)8-9-16(2,15(10)18)11-6-5-7-13(19-3)14(11)20-4/h5-7,10H,8-9H2,1-4H3. The highest BCUT2D eigenvalue weighted by molar-refractivity contribution is 6.09. The molecule has 1 aromatic rings. The second-order valence-corrected chi connectivity index (χ2v) is 5.43. The lowest BCUT2D eigenvalue weighted by Crippen LogP contribution is -2.44. The first-order valence-corrected chi connectivity index (χ1v) is 6.74. The first-order chi connectivity index (χ1) is 9.45. The lowest BCUT2D eigenvalue weighted by Gasteiger charge is -2.36. The van der Waals surface area contributed by atoms with E-state index in [0.29, 0.717) is 24.3 Å². The van der Waals surface area contributed by atoms with E-state index in [4.69, 9.17) is 9.47 Å². The molecule has 0 aliphatic heterocycles. The van der Waals surface area contributed by atoms with Crippen LogP contribution in [0, 0.1) is 5.92 Å². The summed E-state index contributed by atoms with van der Waals surface area (Å²) < 4.78 is 10.7. The summed E-state index contributed by atoms with van der Waals surface area (Å²) in [6, 6.07) is 5.52. The van der Waals surface area contributed by atoms with Crippen molar-refractivity contribution in [1.29, 1.82) is 0 Å². The first-order valence-electron chi connectivity index (χ1n) is 6.74. The van der Waals surface area contributed by atoms with Gasteiger partial charge in [-0.2, -0.15) is 0 Å². The topological polar surface area (TPSA) is 52.6 Å². The van der Waals surface area contributed by atoms with Gasteiger partial charge in [-0.3, -0.25) is 9.59 Å². The smallest absolute Gasteiger partial charge is 0.164 e. The minimum absolute atomic E-state index is 0.0225. The van der Waals surface area contributed by atoms with Gasteiger partial charge in [-0.15, -0.1) is 0 Å². The average molecular weight is 276 g/mol. The number of carbonyl (C=O) groups excluding carboxylic acids is 2. The Morgan fingerprint density at radius 3 is 2.50 bits per heavy atom. The summed E-state index contributed by atoms with van der Waals surface area (Å²) in [5.74, 6) is 0.607. The van der Waals surface area contributed by atoms with E-state index in [2.05, 4.69) is 0 Å². The Bertz CT molecular complexity index is 549. The molecule has 1 aliphatic rings. The minimum Gasteiger partial charge on any atom is -0.493 e. The number of ether oxygens (including phenoxy) is 2. The molecule has 0 bridgehead atoms. The first kappa shape index (κ1) is 14.6. The second kappa shape index (κ2) is 5.27. The van der Waals surface area contributed by atoms with Gasteiger partial charge in [0.05, 0.1) is 25.6 Å². The van der Waals surface area contributed by atoms with Crippen LogP contribution in [0.15, 0.2) is 18.2 Å². The monoisotopic (exact) mass is 276 g/mol. The van der Waals surface area contributed by atoms with Crippen LogP contribution in [-0.4, -0.2) is 25.8 Å². The zero-order valence-electron chi connectivity index (χ0n) is 12.4. The highest BCUT2D eigenvalue weighted by atomic mass is 16.5. The molecule has 0 aromatic heterocycles. The van der Waals surface area contributed by atoms with Gasteiger partial charge in [-0.1, -0.05) is 12.1 Å². The van der Waals surface area contributed by atoms with E-state index in [1.165, 1.54) is 0 Å². The van der Waals surface area contributed by atoms with Gasteiger partial charge in [0.25, 0.3) is 0 Å². The molecule has 1 aliphatic carbocycles. The average Bonchev–Trinajstić information content (AvgIpc) is 2.48. The lowest BCUT2D eigenvalue weighted by molar-refractivity contribution is -0.139. The molecule has 1 aromatic carbocycles. The van der Waals surface area contributed by atoms with Crippen molar-refractivity contribution in [3.05, 3.63) is 23.8 Å². The summed E-state index contributed by atoms with van der Waals surface area (Å²) in [7, 11) is 3.13. The van der Waals surface area contributed by atoms with Crippen LogP contribution in [0.25, 0.3) is 0 Å². The molecule has 0 spiro atoms. The largest absolute Gasteiger partial charge is 0.493 e. The van der Waals surface area contributed by atoms with Gasteiger partial charge >= 0.3 is 0 Å². The van der Waals surface area contributed by atoms with Gasteiger partial charge in [-0.25, -0.2) is 0 Å². The fourth-order valence-electron chi connectivity index (χ4n) is 2.93. The van der Waals surface area contributed by atoms with E-state index >= 15 is 0 Å². The number of benzene rings is 1. The van der Waals surface area contributed by atoms with Crippen molar-refractivity contribution in [2.24, 2.45) is 5.92 Å². The minimum atomic E-state index is -0.701. The summed E-state index contributed by atoms with van der Waals surface area (Å²) >= 11 is 0. The Hall–Kier alpha value is -1.84. The van der Waals surface area contributed by atoms with Crippen LogP contribution in [0.2, 0.25) is 0 Å². The number of rotatable bonds is 3. The molecule has 0 radical (unpaired) electrons. The second-order valence-electron chi connectivity index (χ2n) is 5.43. The van der Waals surface area contributed by atoms with E-state index in [1.807, 2.05) is 19.1 Å². The van der Waals surface area contributed by atoms with E-state index in [1.54, 1.807) is 27.2 Å². The summed E-state index contributed by atoms with van der Waals surface area (Å²) in [5.41, 5.74) is 0.0939. The maximum Gasteiger partial charge on any atom is 0.164 e. The quantitative estimate of drug-likeness (QED) is 0.796. The number of Topliss-reactive ketones (excluding diaryl/α,β-unsaturated/α-hetero) is 2. The zero-order chi connectivity index (χ0) is 14.9. The van der Waals surface area contributed by atoms with Crippen molar-refractivity contribution in [2.45, 2.75) is 32.1 Å². The van der Waals surface area contributed by atoms with Crippen molar-refractivity contribution >= 4 is 11.6 Å². The van der Waals surface area contributed by atoms with Crippen LogP contribution in [0.5, 0.6) is 11.5 Å². The van der Waals surface area contributed by atoms with E-state index in [0.717, 1.165) is 5.56 Å². The number of methoxy groups -OCH3 is 2. The highest BCUT2D eigenvalue weighted by Crippen LogP contribution is 2.44. The molecule has 2 unspecified atom stereocenters. The summed E-state index contributed by atoms with van der Waals surface area (Å²) in [6.45, 7) is 3.57. The summed E-state index contributed by atoms with van der Waals surface area (Å²) in [6.07, 6.45) is 0.933. The van der Waals surface area contributed by atoms with Crippen LogP contribution in [0.3, 0.4) is 0 Å². The van der Waals surface area contributed by atoms with Crippen molar-refractivity contribution in [3.8, 4) is 11.5 Å². The molecule has 4 heteroatoms. The fourth-order valence-corrected chi connectivity index (χ4v) is 2.93. The molecule has 20 heavy (non-hydrogen) atoms. The van der Waals surface area contributed by atoms with Crippen LogP contribution < -0.4 is 9.47 Å². The maximum absolute atomic E-state index is 12.6. The van der Waals surface area contributed by atoms with Gasteiger partial charge in [0.2, 0.25) is 0 Å². The third-order valence-corrected chi connectivity index (χ3v) is 4.29. The molecule has 0 N–H and O–H groups in total. The third kappa shape index (κ3) is 2.09. The van der Waals surface area contributed by atoms with Crippen molar-refractivity contribution < 1.29 is 19.1 Å². The van der Waals surface area contributed by atoms with Crippen molar-refractivity contribution in [3.63, 3.8) is 0 Å². The number of para-hydroxylation sites is 1. The Labute approximate surface area is 119 Å². The summed E-state index contributed by atoms with van der Waals surface area (Å²) in [5, 5.41) is 0. The van der Waals surface area contributed by atoms with Crippen LogP contribution >= 0.6 is 0 Å². The zero-order valence-corrected chi connectivity index (χ0v) is 12.4. The molecule has 108 valence electrons. The number of hydrogen-bond acceptors (Lipinski definition) is 4. The molecule has 1 fully saturated rings. The van der Waals surface area contributed by atoms with Gasteiger partial charge in [0, 0.05) is 12.0 Å². The number of ketones is 2. The molecule has 0 saturated heterocycles. The Balaban J connectivity index is 2.55. The Morgan fingerprint density at radius 1 is 1.20 bits per heavy atom.